The van der Waals surface area contributed by atoms with E-state index < -0.39 is 0 Å². The van der Waals surface area contributed by atoms with Crippen LogP contribution in [0.2, 0.25) is 0 Å². The van der Waals surface area contributed by atoms with Crippen molar-refractivity contribution in [1.29, 1.82) is 0 Å². The zero-order valence-corrected chi connectivity index (χ0v) is 17.0. The molecular weight excluding hydrogens is 358 g/mol. The van der Waals surface area contributed by atoms with Crippen LogP contribution in [0.3, 0.4) is 0 Å². The van der Waals surface area contributed by atoms with Gasteiger partial charge in [0, 0.05) is 38.6 Å². The summed E-state index contributed by atoms with van der Waals surface area (Å²) in [5.41, 5.74) is 1.45. The molecule has 0 spiro atoms. The van der Waals surface area contributed by atoms with Crippen LogP contribution in [0.15, 0.2) is 4.63 Å². The average Bonchev–Trinajstić information content (AvgIpc) is 3.50. The molecule has 1 aromatic rings. The second-order valence-corrected chi connectivity index (χ2v) is 8.66. The van der Waals surface area contributed by atoms with Gasteiger partial charge in [0.25, 0.3) is 0 Å². The van der Waals surface area contributed by atoms with E-state index in [1.54, 1.807) is 4.90 Å². The first-order chi connectivity index (χ1) is 13.5. The molecule has 1 atom stereocenters. The van der Waals surface area contributed by atoms with Gasteiger partial charge in [0.2, 0.25) is 11.8 Å². The van der Waals surface area contributed by atoms with E-state index in [1.807, 2.05) is 14.0 Å². The smallest absolute Gasteiger partial charge is 0.227 e. The fourth-order valence-corrected chi connectivity index (χ4v) is 4.59. The SMILES string of the molecule is Cc1nonc1CN(C)C(=O)[C@@H]1CCCN(C2CCN(C(=O)C3CC3)CC2)C1. The standard InChI is InChI=1S/C20H31N5O3/c1-14-18(22-28-21-14)13-23(2)19(26)16-4-3-9-25(12-16)17-7-10-24(11-8-17)20(27)15-5-6-15/h15-17H,3-13H2,1-2H3/t16-/m1/s1. The molecule has 2 aliphatic heterocycles. The number of rotatable bonds is 5. The minimum absolute atomic E-state index is 0.0324. The van der Waals surface area contributed by atoms with Crippen LogP contribution in [0, 0.1) is 18.8 Å². The molecule has 4 rings (SSSR count). The molecule has 8 heteroatoms. The van der Waals surface area contributed by atoms with E-state index in [1.165, 1.54) is 0 Å². The Labute approximate surface area is 166 Å². The van der Waals surface area contributed by atoms with Gasteiger partial charge in [0.15, 0.2) is 0 Å². The van der Waals surface area contributed by atoms with Crippen LogP contribution in [0.4, 0.5) is 0 Å². The van der Waals surface area contributed by atoms with Gasteiger partial charge in [-0.05, 0) is 52.0 Å². The van der Waals surface area contributed by atoms with E-state index in [0.29, 0.717) is 24.4 Å². The van der Waals surface area contributed by atoms with E-state index in [2.05, 4.69) is 20.1 Å². The van der Waals surface area contributed by atoms with Crippen LogP contribution in [0.25, 0.3) is 0 Å². The van der Waals surface area contributed by atoms with Gasteiger partial charge in [-0.25, -0.2) is 4.63 Å². The Morgan fingerprint density at radius 1 is 1.07 bits per heavy atom. The molecule has 2 saturated heterocycles. The second kappa shape index (κ2) is 8.19. The molecule has 1 aliphatic carbocycles. The number of hydrogen-bond donors (Lipinski definition) is 0. The summed E-state index contributed by atoms with van der Waals surface area (Å²) in [5, 5.41) is 7.67. The first-order valence-electron chi connectivity index (χ1n) is 10.6. The van der Waals surface area contributed by atoms with E-state index in [-0.39, 0.29) is 11.8 Å². The van der Waals surface area contributed by atoms with Crippen LogP contribution >= 0.6 is 0 Å². The predicted octanol–water partition coefficient (Wildman–Crippen LogP) is 1.45. The second-order valence-electron chi connectivity index (χ2n) is 8.66. The molecule has 3 heterocycles. The van der Waals surface area contributed by atoms with Crippen LogP contribution in [0.1, 0.15) is 49.9 Å². The maximum absolute atomic E-state index is 13.0. The number of aryl methyl sites for hydroxylation is 1. The topological polar surface area (TPSA) is 82.8 Å². The van der Waals surface area contributed by atoms with E-state index >= 15 is 0 Å². The Morgan fingerprint density at radius 2 is 1.82 bits per heavy atom. The van der Waals surface area contributed by atoms with Gasteiger partial charge in [-0.15, -0.1) is 0 Å². The molecule has 0 aromatic carbocycles. The zero-order chi connectivity index (χ0) is 19.7. The van der Waals surface area contributed by atoms with Gasteiger partial charge in [0.1, 0.15) is 11.4 Å². The molecule has 0 N–H and O–H groups in total. The van der Waals surface area contributed by atoms with E-state index in [0.717, 1.165) is 76.1 Å². The zero-order valence-electron chi connectivity index (χ0n) is 17.0. The monoisotopic (exact) mass is 389 g/mol. The minimum Gasteiger partial charge on any atom is -0.342 e. The normalized spacial score (nSPS) is 24.4. The molecule has 0 bridgehead atoms. The highest BCUT2D eigenvalue weighted by molar-refractivity contribution is 5.81. The number of hydrogen-bond acceptors (Lipinski definition) is 6. The maximum atomic E-state index is 13.0. The van der Waals surface area contributed by atoms with Crippen LogP contribution < -0.4 is 0 Å². The molecule has 0 radical (unpaired) electrons. The summed E-state index contributed by atoms with van der Waals surface area (Å²) in [6.07, 6.45) is 6.20. The number of likely N-dealkylation sites (tertiary alicyclic amines) is 2. The fraction of sp³-hybridized carbons (Fsp3) is 0.800. The molecule has 154 valence electrons. The lowest BCUT2D eigenvalue weighted by Gasteiger charge is -2.42. The molecule has 28 heavy (non-hydrogen) atoms. The molecule has 8 nitrogen and oxygen atoms in total. The lowest BCUT2D eigenvalue weighted by Crippen LogP contribution is -2.51. The Balaban J connectivity index is 1.28. The van der Waals surface area contributed by atoms with Crippen molar-refractivity contribution in [2.45, 2.75) is 58.0 Å². The van der Waals surface area contributed by atoms with Crippen LogP contribution in [-0.4, -0.2) is 76.1 Å². The maximum Gasteiger partial charge on any atom is 0.227 e. The third-order valence-corrected chi connectivity index (χ3v) is 6.53. The number of nitrogens with zero attached hydrogens (tertiary/aromatic N) is 5. The summed E-state index contributed by atoms with van der Waals surface area (Å²) in [6.45, 7) is 5.89. The predicted molar refractivity (Wildman–Crippen MR) is 102 cm³/mol. The van der Waals surface area contributed by atoms with Crippen molar-refractivity contribution in [1.82, 2.24) is 25.0 Å². The van der Waals surface area contributed by atoms with Crippen molar-refractivity contribution in [3.8, 4) is 0 Å². The Bertz CT molecular complexity index is 708. The molecule has 3 fully saturated rings. The van der Waals surface area contributed by atoms with Gasteiger partial charge < -0.3 is 9.80 Å². The summed E-state index contributed by atoms with van der Waals surface area (Å²) < 4.78 is 4.74. The highest BCUT2D eigenvalue weighted by Gasteiger charge is 2.37. The lowest BCUT2D eigenvalue weighted by atomic mass is 9.92. The largest absolute Gasteiger partial charge is 0.342 e. The summed E-state index contributed by atoms with van der Waals surface area (Å²) in [5.74, 6) is 0.885. The first kappa shape index (κ1) is 19.4. The molecule has 2 amide bonds. The number of carbonyl (C=O) groups is 2. The molecule has 3 aliphatic rings. The van der Waals surface area contributed by atoms with Gasteiger partial charge in [-0.3, -0.25) is 14.5 Å². The fourth-order valence-electron chi connectivity index (χ4n) is 4.59. The van der Waals surface area contributed by atoms with Crippen molar-refractivity contribution in [2.75, 3.05) is 33.2 Å². The minimum atomic E-state index is 0.0324. The highest BCUT2D eigenvalue weighted by atomic mass is 16.6. The third kappa shape index (κ3) is 4.21. The number of piperidine rings is 2. The van der Waals surface area contributed by atoms with Crippen molar-refractivity contribution in [3.63, 3.8) is 0 Å². The quantitative estimate of drug-likeness (QED) is 0.758. The highest BCUT2D eigenvalue weighted by Crippen LogP contribution is 2.33. The first-order valence-corrected chi connectivity index (χ1v) is 10.6. The number of amides is 2. The van der Waals surface area contributed by atoms with Crippen molar-refractivity contribution < 1.29 is 14.2 Å². The molecular formula is C20H31N5O3. The van der Waals surface area contributed by atoms with Crippen molar-refractivity contribution in [2.24, 2.45) is 11.8 Å². The Hall–Kier alpha value is -1.96. The van der Waals surface area contributed by atoms with Crippen LogP contribution in [0.5, 0.6) is 0 Å². The Kier molecular flexibility index (Phi) is 5.66. The summed E-state index contributed by atoms with van der Waals surface area (Å²) in [6, 6.07) is 0.492. The van der Waals surface area contributed by atoms with Crippen LogP contribution in [-0.2, 0) is 16.1 Å². The summed E-state index contributed by atoms with van der Waals surface area (Å²) >= 11 is 0. The number of aromatic nitrogens is 2. The van der Waals surface area contributed by atoms with E-state index in [9.17, 15) is 9.59 Å². The van der Waals surface area contributed by atoms with Crippen molar-refractivity contribution in [3.05, 3.63) is 11.4 Å². The van der Waals surface area contributed by atoms with Gasteiger partial charge >= 0.3 is 0 Å². The summed E-state index contributed by atoms with van der Waals surface area (Å²) in [7, 11) is 1.83. The van der Waals surface area contributed by atoms with Gasteiger partial charge in [-0.1, -0.05) is 10.3 Å². The Morgan fingerprint density at radius 3 is 2.46 bits per heavy atom. The number of carbonyl (C=O) groups excluding carboxylic acids is 2. The average molecular weight is 390 g/mol. The van der Waals surface area contributed by atoms with Crippen molar-refractivity contribution >= 4 is 11.8 Å². The van der Waals surface area contributed by atoms with E-state index in [4.69, 9.17) is 4.63 Å². The summed E-state index contributed by atoms with van der Waals surface area (Å²) in [4.78, 5) is 31.5. The van der Waals surface area contributed by atoms with Gasteiger partial charge in [0.05, 0.1) is 12.5 Å². The molecule has 1 saturated carbocycles. The third-order valence-electron chi connectivity index (χ3n) is 6.53. The molecule has 0 unspecified atom stereocenters. The molecule has 1 aromatic heterocycles. The van der Waals surface area contributed by atoms with Gasteiger partial charge in [-0.2, -0.15) is 0 Å². The lowest BCUT2D eigenvalue weighted by molar-refractivity contribution is -0.137.